The number of nitrogens with zero attached hydrogens (tertiary/aromatic N) is 1. The molecule has 1 atom stereocenters. The van der Waals surface area contributed by atoms with Gasteiger partial charge in [-0.2, -0.15) is 0 Å². The molecule has 1 aromatic rings. The average molecular weight is 314 g/mol. The molecule has 3 N–H and O–H groups in total. The Labute approximate surface area is 126 Å². The van der Waals surface area contributed by atoms with Gasteiger partial charge in [0, 0.05) is 19.8 Å². The molecule has 114 valence electrons. The minimum atomic E-state index is -1.19. The maximum Gasteiger partial charge on any atom is 0.337 e. The van der Waals surface area contributed by atoms with Gasteiger partial charge in [0.25, 0.3) is 0 Å². The number of hydrogen-bond acceptors (Lipinski definition) is 3. The predicted molar refractivity (Wildman–Crippen MR) is 78.7 cm³/mol. The van der Waals surface area contributed by atoms with Gasteiger partial charge in [0.2, 0.25) is 5.91 Å². The second-order valence-electron chi connectivity index (χ2n) is 4.55. The van der Waals surface area contributed by atoms with Crippen molar-refractivity contribution in [2.45, 2.75) is 13.0 Å². The highest BCUT2D eigenvalue weighted by Crippen LogP contribution is 2.20. The molecule has 1 aromatic carbocycles. The number of benzene rings is 1. The predicted octanol–water partition coefficient (Wildman–Crippen LogP) is 1.64. The molecule has 0 aliphatic rings. The van der Waals surface area contributed by atoms with Crippen molar-refractivity contribution >= 4 is 35.2 Å². The van der Waals surface area contributed by atoms with Crippen LogP contribution in [-0.4, -0.2) is 48.1 Å². The van der Waals surface area contributed by atoms with Crippen LogP contribution in [-0.2, 0) is 4.79 Å². The smallest absolute Gasteiger partial charge is 0.337 e. The lowest BCUT2D eigenvalue weighted by Gasteiger charge is -2.18. The van der Waals surface area contributed by atoms with E-state index in [2.05, 4.69) is 10.6 Å². The molecule has 0 spiro atoms. The lowest BCUT2D eigenvalue weighted by molar-refractivity contribution is -0.130. The minimum Gasteiger partial charge on any atom is -0.478 e. The summed E-state index contributed by atoms with van der Waals surface area (Å²) in [7, 11) is 3.16. The standard InChI is InChI=1S/C13H16ClN3O4/c1-7(11(18)17(2)3)15-13(21)16-8-4-5-10(14)9(6-8)12(19)20/h4-7H,1-3H3,(H,19,20)(H2,15,16,21). The van der Waals surface area contributed by atoms with Crippen LogP contribution in [0.3, 0.4) is 0 Å². The number of aromatic carboxylic acids is 1. The number of carbonyl (C=O) groups is 3. The first-order chi connectivity index (χ1) is 9.72. The molecule has 0 saturated carbocycles. The van der Waals surface area contributed by atoms with Gasteiger partial charge in [-0.3, -0.25) is 4.79 Å². The molecule has 0 aliphatic heterocycles. The molecule has 1 unspecified atom stereocenters. The molecule has 0 radical (unpaired) electrons. The van der Waals surface area contributed by atoms with E-state index in [1.54, 1.807) is 21.0 Å². The number of carbonyl (C=O) groups excluding carboxylic acids is 2. The van der Waals surface area contributed by atoms with Crippen LogP contribution in [0, 0.1) is 0 Å². The fourth-order valence-electron chi connectivity index (χ4n) is 1.58. The highest BCUT2D eigenvalue weighted by Gasteiger charge is 2.17. The van der Waals surface area contributed by atoms with Gasteiger partial charge in [0.05, 0.1) is 10.6 Å². The van der Waals surface area contributed by atoms with Crippen LogP contribution in [0.1, 0.15) is 17.3 Å². The number of carboxylic acids is 1. The molecule has 7 nitrogen and oxygen atoms in total. The van der Waals surface area contributed by atoms with E-state index in [1.807, 2.05) is 0 Å². The summed E-state index contributed by atoms with van der Waals surface area (Å²) in [4.78, 5) is 35.6. The number of rotatable bonds is 4. The van der Waals surface area contributed by atoms with Crippen LogP contribution in [0.15, 0.2) is 18.2 Å². The third-order valence-corrected chi connectivity index (χ3v) is 2.94. The van der Waals surface area contributed by atoms with E-state index >= 15 is 0 Å². The Hall–Kier alpha value is -2.28. The van der Waals surface area contributed by atoms with Gasteiger partial charge < -0.3 is 20.6 Å². The minimum absolute atomic E-state index is 0.0737. The van der Waals surface area contributed by atoms with Crippen LogP contribution in [0.5, 0.6) is 0 Å². The second kappa shape index (κ2) is 6.94. The van der Waals surface area contributed by atoms with Crippen LogP contribution in [0.25, 0.3) is 0 Å². The molecule has 0 aliphatic carbocycles. The van der Waals surface area contributed by atoms with Crippen LogP contribution < -0.4 is 10.6 Å². The van der Waals surface area contributed by atoms with Crippen LogP contribution in [0.4, 0.5) is 10.5 Å². The highest BCUT2D eigenvalue weighted by atomic mass is 35.5. The van der Waals surface area contributed by atoms with Crippen molar-refractivity contribution in [1.29, 1.82) is 0 Å². The Morgan fingerprint density at radius 3 is 2.43 bits per heavy atom. The largest absolute Gasteiger partial charge is 0.478 e. The summed E-state index contributed by atoms with van der Waals surface area (Å²) < 4.78 is 0. The Bertz CT molecular complexity index is 575. The number of anilines is 1. The van der Waals surface area contributed by atoms with Gasteiger partial charge in [-0.25, -0.2) is 9.59 Å². The van der Waals surface area contributed by atoms with Gasteiger partial charge in [0.1, 0.15) is 6.04 Å². The van der Waals surface area contributed by atoms with Crippen molar-refractivity contribution in [2.24, 2.45) is 0 Å². The summed E-state index contributed by atoms with van der Waals surface area (Å²) in [5.74, 6) is -1.45. The first-order valence-corrected chi connectivity index (χ1v) is 6.41. The molecular weight excluding hydrogens is 298 g/mol. The number of likely N-dealkylation sites (N-methyl/N-ethyl adjacent to an activating group) is 1. The molecule has 0 aromatic heterocycles. The van der Waals surface area contributed by atoms with Crippen LogP contribution in [0.2, 0.25) is 5.02 Å². The Balaban J connectivity index is 2.74. The molecular formula is C13H16ClN3O4. The number of nitrogens with one attached hydrogen (secondary N) is 2. The molecule has 0 heterocycles. The zero-order valence-electron chi connectivity index (χ0n) is 11.8. The van der Waals surface area contributed by atoms with Gasteiger partial charge >= 0.3 is 12.0 Å². The van der Waals surface area contributed by atoms with Crippen molar-refractivity contribution in [3.8, 4) is 0 Å². The third kappa shape index (κ3) is 4.64. The summed E-state index contributed by atoms with van der Waals surface area (Å²) in [5.41, 5.74) is 0.144. The van der Waals surface area contributed by atoms with E-state index in [4.69, 9.17) is 16.7 Å². The van der Waals surface area contributed by atoms with E-state index < -0.39 is 18.0 Å². The van der Waals surface area contributed by atoms with Gasteiger partial charge in [-0.15, -0.1) is 0 Å². The summed E-state index contributed by atoms with van der Waals surface area (Å²) in [6.07, 6.45) is 0. The quantitative estimate of drug-likeness (QED) is 0.787. The highest BCUT2D eigenvalue weighted by molar-refractivity contribution is 6.33. The number of amides is 3. The summed E-state index contributed by atoms with van der Waals surface area (Å²) in [6, 6.07) is 2.76. The van der Waals surface area contributed by atoms with E-state index in [0.717, 1.165) is 0 Å². The number of carboxylic acid groups (broad SMARTS) is 1. The molecule has 0 fully saturated rings. The van der Waals surface area contributed by atoms with Gasteiger partial charge in [-0.1, -0.05) is 11.6 Å². The number of halogens is 1. The summed E-state index contributed by atoms with van der Waals surface area (Å²) in [5, 5.41) is 13.9. The zero-order chi connectivity index (χ0) is 16.2. The van der Waals surface area contributed by atoms with E-state index in [-0.39, 0.29) is 22.2 Å². The summed E-state index contributed by atoms with van der Waals surface area (Å²) >= 11 is 5.73. The Kier molecular flexibility index (Phi) is 5.54. The zero-order valence-corrected chi connectivity index (χ0v) is 12.6. The van der Waals surface area contributed by atoms with E-state index in [9.17, 15) is 14.4 Å². The van der Waals surface area contributed by atoms with Crippen molar-refractivity contribution in [3.63, 3.8) is 0 Å². The lowest BCUT2D eigenvalue weighted by Crippen LogP contribution is -2.45. The molecule has 8 heteroatoms. The van der Waals surface area contributed by atoms with Crippen molar-refractivity contribution in [2.75, 3.05) is 19.4 Å². The maximum atomic E-state index is 11.7. The van der Waals surface area contributed by atoms with Crippen LogP contribution >= 0.6 is 11.6 Å². The van der Waals surface area contributed by atoms with Crippen molar-refractivity contribution in [3.05, 3.63) is 28.8 Å². The van der Waals surface area contributed by atoms with E-state index in [1.165, 1.54) is 23.1 Å². The molecule has 0 bridgehead atoms. The molecule has 21 heavy (non-hydrogen) atoms. The lowest BCUT2D eigenvalue weighted by atomic mass is 10.2. The maximum absolute atomic E-state index is 11.7. The molecule has 1 rings (SSSR count). The fourth-order valence-corrected chi connectivity index (χ4v) is 1.78. The molecule has 3 amide bonds. The average Bonchev–Trinajstić information content (AvgIpc) is 2.39. The molecule has 0 saturated heterocycles. The van der Waals surface area contributed by atoms with Crippen molar-refractivity contribution in [1.82, 2.24) is 10.2 Å². The SMILES string of the molecule is CC(NC(=O)Nc1ccc(Cl)c(C(=O)O)c1)C(=O)N(C)C. The second-order valence-corrected chi connectivity index (χ2v) is 4.96. The number of urea groups is 1. The first kappa shape index (κ1) is 16.8. The monoisotopic (exact) mass is 313 g/mol. The number of hydrogen-bond donors (Lipinski definition) is 3. The first-order valence-electron chi connectivity index (χ1n) is 6.04. The van der Waals surface area contributed by atoms with Gasteiger partial charge in [0.15, 0.2) is 0 Å². The Morgan fingerprint density at radius 1 is 1.29 bits per heavy atom. The topological polar surface area (TPSA) is 98.7 Å². The Morgan fingerprint density at radius 2 is 1.90 bits per heavy atom. The summed E-state index contributed by atoms with van der Waals surface area (Å²) in [6.45, 7) is 1.55. The van der Waals surface area contributed by atoms with Crippen molar-refractivity contribution < 1.29 is 19.5 Å². The van der Waals surface area contributed by atoms with Gasteiger partial charge in [-0.05, 0) is 25.1 Å². The third-order valence-electron chi connectivity index (χ3n) is 2.61. The van der Waals surface area contributed by atoms with E-state index in [0.29, 0.717) is 0 Å². The normalized spacial score (nSPS) is 11.4. The fraction of sp³-hybridized carbons (Fsp3) is 0.308.